The second-order valence-electron chi connectivity index (χ2n) is 5.95. The van der Waals surface area contributed by atoms with Gasteiger partial charge in [-0.25, -0.2) is 4.79 Å². The number of benzene rings is 1. The topological polar surface area (TPSA) is 59.6 Å². The highest BCUT2D eigenvalue weighted by atomic mass is 16.5. The van der Waals surface area contributed by atoms with Gasteiger partial charge in [0.25, 0.3) is 0 Å². The van der Waals surface area contributed by atoms with Crippen molar-refractivity contribution in [2.45, 2.75) is 38.6 Å². The first-order valence-corrected chi connectivity index (χ1v) is 8.65. The molecule has 1 aromatic rings. The van der Waals surface area contributed by atoms with Crippen LogP contribution in [0.2, 0.25) is 0 Å². The number of ether oxygens (including phenoxy) is 2. The lowest BCUT2D eigenvalue weighted by Crippen LogP contribution is -2.35. The van der Waals surface area contributed by atoms with Crippen molar-refractivity contribution < 1.29 is 14.3 Å². The van der Waals surface area contributed by atoms with Crippen LogP contribution in [-0.4, -0.2) is 26.3 Å². The fourth-order valence-electron chi connectivity index (χ4n) is 2.78. The Morgan fingerprint density at radius 2 is 2.16 bits per heavy atom. The third-order valence-corrected chi connectivity index (χ3v) is 4.11. The number of terminal acetylenes is 1. The Morgan fingerprint density at radius 3 is 2.88 bits per heavy atom. The average Bonchev–Trinajstić information content (AvgIpc) is 2.65. The lowest BCUT2D eigenvalue weighted by molar-refractivity contribution is 0.240. The summed E-state index contributed by atoms with van der Waals surface area (Å²) >= 11 is 0. The molecule has 0 unspecified atom stereocenters. The number of amides is 2. The third kappa shape index (κ3) is 6.42. The molecule has 1 aliphatic carbocycles. The Balaban J connectivity index is 1.76. The van der Waals surface area contributed by atoms with Crippen LogP contribution in [0.25, 0.3) is 0 Å². The first kappa shape index (κ1) is 18.7. The molecule has 0 spiro atoms. The van der Waals surface area contributed by atoms with Crippen LogP contribution in [0.1, 0.15) is 37.7 Å². The maximum absolute atomic E-state index is 11.9. The third-order valence-electron chi connectivity index (χ3n) is 4.11. The number of hydrogen-bond donors (Lipinski definition) is 2. The molecule has 1 aliphatic rings. The number of methoxy groups -OCH3 is 1. The van der Waals surface area contributed by atoms with E-state index >= 15 is 0 Å². The number of carbonyl (C=O) groups is 1. The zero-order valence-electron chi connectivity index (χ0n) is 14.8. The molecule has 0 fully saturated rings. The summed E-state index contributed by atoms with van der Waals surface area (Å²) in [7, 11) is 1.57. The summed E-state index contributed by atoms with van der Waals surface area (Å²) in [6.07, 6.45) is 13.3. The maximum atomic E-state index is 11.9. The van der Waals surface area contributed by atoms with Gasteiger partial charge in [0.2, 0.25) is 0 Å². The van der Waals surface area contributed by atoms with Crippen molar-refractivity contribution in [3.8, 4) is 23.8 Å². The minimum Gasteiger partial charge on any atom is -0.493 e. The van der Waals surface area contributed by atoms with Gasteiger partial charge in [-0.1, -0.05) is 23.6 Å². The van der Waals surface area contributed by atoms with Crippen LogP contribution in [0.4, 0.5) is 4.79 Å². The lowest BCUT2D eigenvalue weighted by atomic mass is 9.97. The highest BCUT2D eigenvalue weighted by molar-refractivity contribution is 5.73. The molecule has 134 valence electrons. The summed E-state index contributed by atoms with van der Waals surface area (Å²) in [5.41, 5.74) is 2.37. The van der Waals surface area contributed by atoms with Gasteiger partial charge in [0.15, 0.2) is 11.5 Å². The Bertz CT molecular complexity index is 647. The van der Waals surface area contributed by atoms with E-state index < -0.39 is 0 Å². The average molecular weight is 342 g/mol. The number of nitrogens with one attached hydrogen (secondary N) is 2. The van der Waals surface area contributed by atoms with E-state index in [1.807, 2.05) is 12.1 Å². The quantitative estimate of drug-likeness (QED) is 0.562. The Kier molecular flexibility index (Phi) is 7.71. The van der Waals surface area contributed by atoms with Crippen molar-refractivity contribution in [1.82, 2.24) is 10.6 Å². The van der Waals surface area contributed by atoms with Gasteiger partial charge in [0, 0.05) is 13.1 Å². The number of allylic oxidation sites excluding steroid dienone is 1. The molecule has 5 nitrogen and oxygen atoms in total. The largest absolute Gasteiger partial charge is 0.493 e. The van der Waals surface area contributed by atoms with E-state index in [1.54, 1.807) is 13.2 Å². The van der Waals surface area contributed by atoms with Crippen molar-refractivity contribution in [3.63, 3.8) is 0 Å². The van der Waals surface area contributed by atoms with Crippen LogP contribution in [0.3, 0.4) is 0 Å². The Labute approximate surface area is 149 Å². The van der Waals surface area contributed by atoms with Crippen molar-refractivity contribution in [2.75, 3.05) is 20.3 Å². The van der Waals surface area contributed by atoms with Gasteiger partial charge < -0.3 is 20.1 Å². The van der Waals surface area contributed by atoms with E-state index in [0.717, 1.165) is 18.4 Å². The van der Waals surface area contributed by atoms with Gasteiger partial charge in [0.05, 0.1) is 7.11 Å². The van der Waals surface area contributed by atoms with E-state index in [9.17, 15) is 4.79 Å². The van der Waals surface area contributed by atoms with E-state index in [4.69, 9.17) is 15.9 Å². The van der Waals surface area contributed by atoms with Gasteiger partial charge in [-0.15, -0.1) is 6.42 Å². The van der Waals surface area contributed by atoms with Crippen molar-refractivity contribution in [1.29, 1.82) is 0 Å². The van der Waals surface area contributed by atoms with Gasteiger partial charge in [-0.2, -0.15) is 0 Å². The predicted octanol–water partition coefficient (Wildman–Crippen LogP) is 3.40. The summed E-state index contributed by atoms with van der Waals surface area (Å²) in [5.74, 6) is 3.61. The van der Waals surface area contributed by atoms with E-state index in [-0.39, 0.29) is 12.6 Å². The summed E-state index contributed by atoms with van der Waals surface area (Å²) < 4.78 is 10.7. The summed E-state index contributed by atoms with van der Waals surface area (Å²) in [4.78, 5) is 11.9. The Morgan fingerprint density at radius 1 is 1.28 bits per heavy atom. The van der Waals surface area contributed by atoms with Crippen LogP contribution in [-0.2, 0) is 6.54 Å². The highest BCUT2D eigenvalue weighted by Crippen LogP contribution is 2.28. The normalized spacial score (nSPS) is 13.4. The van der Waals surface area contributed by atoms with E-state index in [2.05, 4.69) is 22.6 Å². The molecule has 0 aromatic heterocycles. The molecular weight excluding hydrogens is 316 g/mol. The maximum Gasteiger partial charge on any atom is 0.315 e. The van der Waals surface area contributed by atoms with Crippen LogP contribution in [0.15, 0.2) is 29.8 Å². The molecule has 2 N–H and O–H groups in total. The number of rotatable bonds is 8. The monoisotopic (exact) mass is 342 g/mol. The zero-order valence-corrected chi connectivity index (χ0v) is 14.8. The van der Waals surface area contributed by atoms with Crippen LogP contribution >= 0.6 is 0 Å². The zero-order chi connectivity index (χ0) is 17.9. The lowest BCUT2D eigenvalue weighted by Gasteiger charge is -2.14. The second kappa shape index (κ2) is 10.3. The van der Waals surface area contributed by atoms with Gasteiger partial charge in [-0.3, -0.25) is 0 Å². The number of urea groups is 1. The van der Waals surface area contributed by atoms with Crippen molar-refractivity contribution >= 4 is 6.03 Å². The summed E-state index contributed by atoms with van der Waals surface area (Å²) in [6.45, 7) is 1.24. The van der Waals surface area contributed by atoms with Gasteiger partial charge in [-0.05, 0) is 49.8 Å². The van der Waals surface area contributed by atoms with Crippen molar-refractivity contribution in [3.05, 3.63) is 35.4 Å². The SMILES string of the molecule is C#CCOc1cc(CNC(=O)NCCC2=CCCCC2)ccc1OC. The minimum atomic E-state index is -0.168. The van der Waals surface area contributed by atoms with Gasteiger partial charge in [0.1, 0.15) is 6.61 Å². The molecule has 1 aromatic carbocycles. The van der Waals surface area contributed by atoms with Crippen LogP contribution < -0.4 is 20.1 Å². The molecule has 25 heavy (non-hydrogen) atoms. The molecule has 0 bridgehead atoms. The van der Waals surface area contributed by atoms with Crippen molar-refractivity contribution in [2.24, 2.45) is 0 Å². The first-order valence-electron chi connectivity index (χ1n) is 8.65. The first-order chi connectivity index (χ1) is 12.2. The molecule has 0 atom stereocenters. The minimum absolute atomic E-state index is 0.168. The Hall–Kier alpha value is -2.61. The smallest absolute Gasteiger partial charge is 0.315 e. The van der Waals surface area contributed by atoms with Gasteiger partial charge >= 0.3 is 6.03 Å². The van der Waals surface area contributed by atoms with Crippen LogP contribution in [0.5, 0.6) is 11.5 Å². The molecule has 5 heteroatoms. The number of hydrogen-bond acceptors (Lipinski definition) is 3. The number of carbonyl (C=O) groups excluding carboxylic acids is 1. The van der Waals surface area contributed by atoms with Crippen LogP contribution in [0, 0.1) is 12.3 Å². The molecule has 0 saturated heterocycles. The molecule has 0 aliphatic heterocycles. The molecule has 0 heterocycles. The molecule has 2 rings (SSSR count). The predicted molar refractivity (Wildman–Crippen MR) is 98.7 cm³/mol. The second-order valence-corrected chi connectivity index (χ2v) is 5.95. The molecule has 2 amide bonds. The summed E-state index contributed by atoms with van der Waals surface area (Å²) in [5, 5.41) is 5.75. The molecular formula is C20H26N2O3. The van der Waals surface area contributed by atoms with E-state index in [0.29, 0.717) is 24.6 Å². The molecule has 0 radical (unpaired) electrons. The fourth-order valence-corrected chi connectivity index (χ4v) is 2.78. The fraction of sp³-hybridized carbons (Fsp3) is 0.450. The standard InChI is InChI=1S/C20H26N2O3/c1-3-13-25-19-14-17(9-10-18(19)24-2)15-22-20(23)21-12-11-16-7-5-4-6-8-16/h1,7,9-10,14H,4-6,8,11-13,15H2,2H3,(H2,21,22,23). The van der Waals surface area contributed by atoms with E-state index in [1.165, 1.54) is 24.8 Å². The highest BCUT2D eigenvalue weighted by Gasteiger charge is 2.08. The summed E-state index contributed by atoms with van der Waals surface area (Å²) in [6, 6.07) is 5.34. The molecule has 0 saturated carbocycles.